The number of non-ortho nitro benzene ring substituents is 1. The highest BCUT2D eigenvalue weighted by Crippen LogP contribution is 2.15. The summed E-state index contributed by atoms with van der Waals surface area (Å²) < 4.78 is 0. The number of rotatable bonds is 7. The van der Waals surface area contributed by atoms with Crippen LogP contribution < -0.4 is 5.32 Å². The van der Waals surface area contributed by atoms with Crippen LogP contribution in [0.2, 0.25) is 0 Å². The van der Waals surface area contributed by atoms with Crippen LogP contribution in [0.25, 0.3) is 0 Å². The van der Waals surface area contributed by atoms with E-state index in [9.17, 15) is 15.2 Å². The van der Waals surface area contributed by atoms with Gasteiger partial charge in [0.25, 0.3) is 5.69 Å². The summed E-state index contributed by atoms with van der Waals surface area (Å²) in [5.74, 6) is 0. The molecule has 0 aliphatic heterocycles. The molecule has 5 heteroatoms. The standard InChI is InChI=1S/C13H20N2O3/c1-3-8-13(2,10-16)14-9-11-4-6-12(7-5-11)15(17)18/h4-7,14,16H,3,8-10H2,1-2H3. The zero-order valence-corrected chi connectivity index (χ0v) is 10.8. The minimum Gasteiger partial charge on any atom is -0.394 e. The maximum absolute atomic E-state index is 10.5. The summed E-state index contributed by atoms with van der Waals surface area (Å²) >= 11 is 0. The topological polar surface area (TPSA) is 75.4 Å². The van der Waals surface area contributed by atoms with Crippen molar-refractivity contribution in [2.45, 2.75) is 38.8 Å². The van der Waals surface area contributed by atoms with Gasteiger partial charge in [-0.3, -0.25) is 10.1 Å². The van der Waals surface area contributed by atoms with Crippen molar-refractivity contribution in [3.8, 4) is 0 Å². The van der Waals surface area contributed by atoms with E-state index in [1.807, 2.05) is 6.92 Å². The average Bonchev–Trinajstić information content (AvgIpc) is 2.37. The molecule has 5 nitrogen and oxygen atoms in total. The molecule has 0 saturated carbocycles. The number of aliphatic hydroxyl groups excluding tert-OH is 1. The molecule has 2 N–H and O–H groups in total. The lowest BCUT2D eigenvalue weighted by Crippen LogP contribution is -2.45. The Hall–Kier alpha value is -1.46. The Morgan fingerprint density at radius 2 is 2.00 bits per heavy atom. The zero-order chi connectivity index (χ0) is 13.6. The predicted octanol–water partition coefficient (Wildman–Crippen LogP) is 2.24. The van der Waals surface area contributed by atoms with E-state index in [-0.39, 0.29) is 17.8 Å². The Bertz CT molecular complexity index is 392. The molecule has 0 amide bonds. The predicted molar refractivity (Wildman–Crippen MR) is 70.3 cm³/mol. The number of aliphatic hydroxyl groups is 1. The highest BCUT2D eigenvalue weighted by Gasteiger charge is 2.21. The average molecular weight is 252 g/mol. The van der Waals surface area contributed by atoms with E-state index in [2.05, 4.69) is 12.2 Å². The molecule has 0 heterocycles. The van der Waals surface area contributed by atoms with Crippen LogP contribution >= 0.6 is 0 Å². The maximum atomic E-state index is 10.5. The number of nitro groups is 1. The molecule has 1 aromatic rings. The van der Waals surface area contributed by atoms with Crippen LogP contribution in [0.3, 0.4) is 0 Å². The van der Waals surface area contributed by atoms with Crippen LogP contribution in [0.15, 0.2) is 24.3 Å². The van der Waals surface area contributed by atoms with Gasteiger partial charge in [0.2, 0.25) is 0 Å². The second-order valence-electron chi connectivity index (χ2n) is 4.75. The molecule has 18 heavy (non-hydrogen) atoms. The lowest BCUT2D eigenvalue weighted by Gasteiger charge is -2.28. The summed E-state index contributed by atoms with van der Waals surface area (Å²) in [6, 6.07) is 6.45. The molecule has 0 aliphatic rings. The molecule has 0 fully saturated rings. The molecular formula is C13H20N2O3. The Morgan fingerprint density at radius 1 is 1.39 bits per heavy atom. The van der Waals surface area contributed by atoms with E-state index in [4.69, 9.17) is 0 Å². The van der Waals surface area contributed by atoms with Crippen LogP contribution in [0.4, 0.5) is 5.69 Å². The van der Waals surface area contributed by atoms with Crippen LogP contribution in [0.5, 0.6) is 0 Å². The van der Waals surface area contributed by atoms with Crippen molar-refractivity contribution < 1.29 is 10.0 Å². The Kier molecular flexibility index (Phi) is 5.25. The van der Waals surface area contributed by atoms with E-state index in [1.54, 1.807) is 12.1 Å². The normalized spacial score (nSPS) is 14.2. The minimum absolute atomic E-state index is 0.0772. The van der Waals surface area contributed by atoms with Crippen molar-refractivity contribution in [3.05, 3.63) is 39.9 Å². The van der Waals surface area contributed by atoms with Gasteiger partial charge in [-0.05, 0) is 18.9 Å². The highest BCUT2D eigenvalue weighted by atomic mass is 16.6. The van der Waals surface area contributed by atoms with E-state index < -0.39 is 4.92 Å². The second-order valence-corrected chi connectivity index (χ2v) is 4.75. The van der Waals surface area contributed by atoms with Crippen molar-refractivity contribution >= 4 is 5.69 Å². The first-order valence-corrected chi connectivity index (χ1v) is 6.10. The van der Waals surface area contributed by atoms with E-state index in [0.717, 1.165) is 18.4 Å². The molecule has 1 rings (SSSR count). The number of hydrogen-bond acceptors (Lipinski definition) is 4. The Labute approximate surface area is 107 Å². The number of hydrogen-bond donors (Lipinski definition) is 2. The molecule has 1 atom stereocenters. The summed E-state index contributed by atoms with van der Waals surface area (Å²) in [5, 5.41) is 23.2. The zero-order valence-electron chi connectivity index (χ0n) is 10.8. The maximum Gasteiger partial charge on any atom is 0.269 e. The molecule has 0 spiro atoms. The van der Waals surface area contributed by atoms with Crippen molar-refractivity contribution in [3.63, 3.8) is 0 Å². The van der Waals surface area contributed by atoms with Gasteiger partial charge in [-0.25, -0.2) is 0 Å². The van der Waals surface area contributed by atoms with Gasteiger partial charge in [-0.2, -0.15) is 0 Å². The van der Waals surface area contributed by atoms with Crippen LogP contribution in [0.1, 0.15) is 32.3 Å². The third kappa shape index (κ3) is 4.09. The van der Waals surface area contributed by atoms with Gasteiger partial charge in [0.1, 0.15) is 0 Å². The molecule has 0 aliphatic carbocycles. The molecule has 1 aromatic carbocycles. The Balaban J connectivity index is 2.60. The van der Waals surface area contributed by atoms with Gasteiger partial charge in [0.05, 0.1) is 11.5 Å². The number of benzene rings is 1. The van der Waals surface area contributed by atoms with Crippen LogP contribution in [0, 0.1) is 10.1 Å². The fourth-order valence-electron chi connectivity index (χ4n) is 1.83. The third-order valence-electron chi connectivity index (χ3n) is 3.02. The lowest BCUT2D eigenvalue weighted by molar-refractivity contribution is -0.384. The van der Waals surface area contributed by atoms with E-state index in [0.29, 0.717) is 6.54 Å². The summed E-state index contributed by atoms with van der Waals surface area (Å²) in [6.45, 7) is 4.71. The molecule has 0 saturated heterocycles. The first-order valence-electron chi connectivity index (χ1n) is 6.10. The SMILES string of the molecule is CCCC(C)(CO)NCc1ccc([N+](=O)[O-])cc1. The van der Waals surface area contributed by atoms with Gasteiger partial charge in [-0.15, -0.1) is 0 Å². The number of nitrogens with one attached hydrogen (secondary N) is 1. The van der Waals surface area contributed by atoms with Crippen molar-refractivity contribution in [1.82, 2.24) is 5.32 Å². The summed E-state index contributed by atoms with van der Waals surface area (Å²) in [4.78, 5) is 10.1. The summed E-state index contributed by atoms with van der Waals surface area (Å²) in [6.07, 6.45) is 1.88. The van der Waals surface area contributed by atoms with Gasteiger partial charge in [0, 0.05) is 24.2 Å². The van der Waals surface area contributed by atoms with Crippen LogP contribution in [-0.4, -0.2) is 22.2 Å². The second kappa shape index (κ2) is 6.47. The largest absolute Gasteiger partial charge is 0.394 e. The fourth-order valence-corrected chi connectivity index (χ4v) is 1.83. The van der Waals surface area contributed by atoms with Gasteiger partial charge < -0.3 is 10.4 Å². The number of nitrogens with zero attached hydrogens (tertiary/aromatic N) is 1. The monoisotopic (exact) mass is 252 g/mol. The van der Waals surface area contributed by atoms with Crippen molar-refractivity contribution in [2.24, 2.45) is 0 Å². The molecule has 0 bridgehead atoms. The molecule has 1 unspecified atom stereocenters. The number of nitro benzene ring substituents is 1. The van der Waals surface area contributed by atoms with E-state index >= 15 is 0 Å². The summed E-state index contributed by atoms with van der Waals surface area (Å²) in [7, 11) is 0. The van der Waals surface area contributed by atoms with Gasteiger partial charge >= 0.3 is 0 Å². The highest BCUT2D eigenvalue weighted by molar-refractivity contribution is 5.32. The van der Waals surface area contributed by atoms with Crippen molar-refractivity contribution in [2.75, 3.05) is 6.61 Å². The van der Waals surface area contributed by atoms with Crippen molar-refractivity contribution in [1.29, 1.82) is 0 Å². The molecule has 0 radical (unpaired) electrons. The van der Waals surface area contributed by atoms with E-state index in [1.165, 1.54) is 12.1 Å². The first kappa shape index (κ1) is 14.6. The lowest BCUT2D eigenvalue weighted by atomic mass is 9.97. The molecule has 100 valence electrons. The van der Waals surface area contributed by atoms with Gasteiger partial charge in [-0.1, -0.05) is 25.5 Å². The minimum atomic E-state index is -0.411. The summed E-state index contributed by atoms with van der Waals surface area (Å²) in [5.41, 5.74) is 0.768. The quantitative estimate of drug-likeness (QED) is 0.576. The van der Waals surface area contributed by atoms with Crippen LogP contribution in [-0.2, 0) is 6.54 Å². The third-order valence-corrected chi connectivity index (χ3v) is 3.02. The Morgan fingerprint density at radius 3 is 2.44 bits per heavy atom. The first-order chi connectivity index (χ1) is 8.50. The molecular weight excluding hydrogens is 232 g/mol. The fraction of sp³-hybridized carbons (Fsp3) is 0.538. The molecule has 0 aromatic heterocycles. The smallest absolute Gasteiger partial charge is 0.269 e. The van der Waals surface area contributed by atoms with Gasteiger partial charge in [0.15, 0.2) is 0 Å².